The molecule has 1 rings (SSSR count). The normalized spacial score (nSPS) is 14.4. The molecule has 17 heavy (non-hydrogen) atoms. The Kier molecular flexibility index (Phi) is 5.97. The summed E-state index contributed by atoms with van der Waals surface area (Å²) in [7, 11) is 1.55. The van der Waals surface area contributed by atoms with E-state index in [4.69, 9.17) is 15.2 Å². The van der Waals surface area contributed by atoms with Gasteiger partial charge in [-0.05, 0) is 12.5 Å². The van der Waals surface area contributed by atoms with E-state index in [0.717, 1.165) is 17.7 Å². The van der Waals surface area contributed by atoms with Crippen LogP contribution in [-0.2, 0) is 4.74 Å². The van der Waals surface area contributed by atoms with Gasteiger partial charge in [-0.3, -0.25) is 0 Å². The molecule has 0 radical (unpaired) electrons. The smallest absolute Gasteiger partial charge is 0.124 e. The number of hydrogen-bond acceptors (Lipinski definition) is 4. The lowest BCUT2D eigenvalue weighted by Gasteiger charge is -2.17. The van der Waals surface area contributed by atoms with Crippen LogP contribution >= 0.6 is 0 Å². The topological polar surface area (TPSA) is 64.7 Å². The van der Waals surface area contributed by atoms with E-state index in [2.05, 4.69) is 0 Å². The number of hydrogen-bond donors (Lipinski definition) is 2. The van der Waals surface area contributed by atoms with Crippen LogP contribution in [0.5, 0.6) is 5.75 Å². The van der Waals surface area contributed by atoms with Crippen molar-refractivity contribution in [3.05, 3.63) is 29.8 Å². The number of para-hydroxylation sites is 1. The van der Waals surface area contributed by atoms with E-state index < -0.39 is 6.10 Å². The molecule has 0 aliphatic heterocycles. The van der Waals surface area contributed by atoms with Crippen LogP contribution in [0.15, 0.2) is 24.3 Å². The van der Waals surface area contributed by atoms with Gasteiger partial charge in [-0.1, -0.05) is 25.1 Å². The fourth-order valence-electron chi connectivity index (χ4n) is 1.56. The Balaban J connectivity index is 2.63. The fraction of sp³-hybridized carbons (Fsp3) is 0.538. The lowest BCUT2D eigenvalue weighted by atomic mass is 10.0. The highest BCUT2D eigenvalue weighted by Crippen LogP contribution is 2.25. The third kappa shape index (κ3) is 4.34. The molecule has 3 N–H and O–H groups in total. The summed E-state index contributed by atoms with van der Waals surface area (Å²) in [5, 5.41) is 9.52. The second-order valence-corrected chi connectivity index (χ2v) is 3.97. The van der Waals surface area contributed by atoms with Gasteiger partial charge in [0.25, 0.3) is 0 Å². The molecule has 0 saturated heterocycles. The van der Waals surface area contributed by atoms with E-state index in [9.17, 15) is 5.11 Å². The SMILES string of the molecule is CC[C@@H](N)c1ccccc1OCC(O)COC. The fourth-order valence-corrected chi connectivity index (χ4v) is 1.56. The third-order valence-electron chi connectivity index (χ3n) is 2.55. The molecule has 0 bridgehead atoms. The molecule has 0 aliphatic carbocycles. The van der Waals surface area contributed by atoms with Gasteiger partial charge >= 0.3 is 0 Å². The van der Waals surface area contributed by atoms with Crippen molar-refractivity contribution >= 4 is 0 Å². The van der Waals surface area contributed by atoms with Crippen LogP contribution in [0.25, 0.3) is 0 Å². The molecule has 0 spiro atoms. The maximum absolute atomic E-state index is 9.52. The molecule has 1 aromatic carbocycles. The molecule has 4 nitrogen and oxygen atoms in total. The van der Waals surface area contributed by atoms with Gasteiger partial charge in [0.15, 0.2) is 0 Å². The number of rotatable bonds is 7. The Labute approximate surface area is 102 Å². The monoisotopic (exact) mass is 239 g/mol. The first-order valence-corrected chi connectivity index (χ1v) is 5.83. The molecule has 0 aliphatic rings. The van der Waals surface area contributed by atoms with E-state index in [0.29, 0.717) is 0 Å². The molecular weight excluding hydrogens is 218 g/mol. The minimum Gasteiger partial charge on any atom is -0.490 e. The predicted octanol–water partition coefficient (Wildman–Crippen LogP) is 1.48. The maximum Gasteiger partial charge on any atom is 0.124 e. The molecule has 1 aromatic rings. The summed E-state index contributed by atoms with van der Waals surface area (Å²) in [4.78, 5) is 0. The molecule has 0 amide bonds. The van der Waals surface area contributed by atoms with Crippen LogP contribution in [0.1, 0.15) is 24.9 Å². The van der Waals surface area contributed by atoms with Crippen LogP contribution < -0.4 is 10.5 Å². The van der Waals surface area contributed by atoms with Crippen molar-refractivity contribution in [1.82, 2.24) is 0 Å². The van der Waals surface area contributed by atoms with Gasteiger partial charge in [-0.15, -0.1) is 0 Å². The van der Waals surface area contributed by atoms with Crippen LogP contribution in [-0.4, -0.2) is 31.5 Å². The standard InChI is InChI=1S/C13H21NO3/c1-3-12(14)11-6-4-5-7-13(11)17-9-10(15)8-16-2/h4-7,10,12,15H,3,8-9,14H2,1-2H3/t10?,12-/m1/s1. The lowest BCUT2D eigenvalue weighted by Crippen LogP contribution is -2.23. The lowest BCUT2D eigenvalue weighted by molar-refractivity contribution is 0.0322. The quantitative estimate of drug-likeness (QED) is 0.756. The molecular formula is C13H21NO3. The average molecular weight is 239 g/mol. The predicted molar refractivity (Wildman–Crippen MR) is 67.0 cm³/mol. The van der Waals surface area contributed by atoms with Gasteiger partial charge in [-0.25, -0.2) is 0 Å². The van der Waals surface area contributed by atoms with Crippen LogP contribution in [0.3, 0.4) is 0 Å². The molecule has 2 atom stereocenters. The zero-order chi connectivity index (χ0) is 12.7. The number of aliphatic hydroxyl groups excluding tert-OH is 1. The highest BCUT2D eigenvalue weighted by atomic mass is 16.5. The van der Waals surface area contributed by atoms with Crippen molar-refractivity contribution in [3.8, 4) is 5.75 Å². The number of aliphatic hydroxyl groups is 1. The van der Waals surface area contributed by atoms with E-state index in [1.807, 2.05) is 31.2 Å². The number of benzene rings is 1. The number of nitrogens with two attached hydrogens (primary N) is 1. The van der Waals surface area contributed by atoms with Gasteiger partial charge in [0.05, 0.1) is 6.61 Å². The van der Waals surface area contributed by atoms with E-state index in [1.54, 1.807) is 7.11 Å². The molecule has 0 fully saturated rings. The molecule has 0 aromatic heterocycles. The highest BCUT2D eigenvalue weighted by molar-refractivity contribution is 5.35. The van der Waals surface area contributed by atoms with Gasteiger partial charge in [0, 0.05) is 18.7 Å². The summed E-state index contributed by atoms with van der Waals surface area (Å²) >= 11 is 0. The van der Waals surface area contributed by atoms with Crippen LogP contribution in [0.2, 0.25) is 0 Å². The summed E-state index contributed by atoms with van der Waals surface area (Å²) < 4.78 is 10.4. The first-order chi connectivity index (χ1) is 8.19. The van der Waals surface area contributed by atoms with Crippen molar-refractivity contribution < 1.29 is 14.6 Å². The first-order valence-electron chi connectivity index (χ1n) is 5.83. The van der Waals surface area contributed by atoms with E-state index in [-0.39, 0.29) is 19.3 Å². The van der Waals surface area contributed by atoms with E-state index in [1.165, 1.54) is 0 Å². The summed E-state index contributed by atoms with van der Waals surface area (Å²) in [6, 6.07) is 7.61. The Bertz CT molecular complexity index is 330. The van der Waals surface area contributed by atoms with Crippen molar-refractivity contribution in [2.75, 3.05) is 20.3 Å². The average Bonchev–Trinajstić information content (AvgIpc) is 2.36. The van der Waals surface area contributed by atoms with Gasteiger partial charge in [-0.2, -0.15) is 0 Å². The second kappa shape index (κ2) is 7.27. The van der Waals surface area contributed by atoms with Gasteiger partial charge in [0.1, 0.15) is 18.5 Å². The summed E-state index contributed by atoms with van der Waals surface area (Å²) in [5.74, 6) is 0.733. The Morgan fingerprint density at radius 2 is 2.00 bits per heavy atom. The van der Waals surface area contributed by atoms with Crippen molar-refractivity contribution in [2.45, 2.75) is 25.5 Å². The van der Waals surface area contributed by atoms with E-state index >= 15 is 0 Å². The Morgan fingerprint density at radius 3 is 2.65 bits per heavy atom. The minimum absolute atomic E-state index is 0.0363. The second-order valence-electron chi connectivity index (χ2n) is 3.97. The first kappa shape index (κ1) is 14.0. The van der Waals surface area contributed by atoms with Crippen molar-refractivity contribution in [2.24, 2.45) is 5.73 Å². The molecule has 96 valence electrons. The summed E-state index contributed by atoms with van der Waals surface area (Å²) in [5.41, 5.74) is 6.96. The third-order valence-corrected chi connectivity index (χ3v) is 2.55. The Hall–Kier alpha value is -1.10. The highest BCUT2D eigenvalue weighted by Gasteiger charge is 2.11. The zero-order valence-corrected chi connectivity index (χ0v) is 10.4. The molecule has 1 unspecified atom stereocenters. The van der Waals surface area contributed by atoms with Crippen LogP contribution in [0, 0.1) is 0 Å². The minimum atomic E-state index is -0.620. The molecule has 4 heteroatoms. The van der Waals surface area contributed by atoms with Crippen LogP contribution in [0.4, 0.5) is 0 Å². The molecule has 0 heterocycles. The molecule has 0 saturated carbocycles. The van der Waals surface area contributed by atoms with Gasteiger partial charge in [0.2, 0.25) is 0 Å². The summed E-state index contributed by atoms with van der Waals surface area (Å²) in [6.45, 7) is 2.50. The van der Waals surface area contributed by atoms with Gasteiger partial charge < -0.3 is 20.3 Å². The maximum atomic E-state index is 9.52. The number of ether oxygens (including phenoxy) is 2. The van der Waals surface area contributed by atoms with Crippen molar-refractivity contribution in [3.63, 3.8) is 0 Å². The summed E-state index contributed by atoms with van der Waals surface area (Å²) in [6.07, 6.45) is 0.229. The largest absolute Gasteiger partial charge is 0.490 e. The zero-order valence-electron chi connectivity index (χ0n) is 10.4. The Morgan fingerprint density at radius 1 is 1.29 bits per heavy atom. The van der Waals surface area contributed by atoms with Crippen molar-refractivity contribution in [1.29, 1.82) is 0 Å². The number of methoxy groups -OCH3 is 1.